The predicted octanol–water partition coefficient (Wildman–Crippen LogP) is 5.26. The van der Waals surface area contributed by atoms with Crippen molar-refractivity contribution in [1.82, 2.24) is 25.2 Å². The van der Waals surface area contributed by atoms with Crippen LogP contribution in [-0.2, 0) is 10.0 Å². The number of ether oxygens (including phenoxy) is 2. The van der Waals surface area contributed by atoms with E-state index in [4.69, 9.17) is 9.47 Å². The molecule has 1 fully saturated rings. The third kappa shape index (κ3) is 6.68. The van der Waals surface area contributed by atoms with Crippen LogP contribution in [0.25, 0.3) is 22.2 Å². The van der Waals surface area contributed by atoms with E-state index in [-0.39, 0.29) is 52.7 Å². The van der Waals surface area contributed by atoms with E-state index in [1.165, 1.54) is 24.4 Å². The minimum atomic E-state index is -4.17. The van der Waals surface area contributed by atoms with Gasteiger partial charge in [-0.3, -0.25) is 14.6 Å². The second-order valence-electron chi connectivity index (χ2n) is 13.2. The van der Waals surface area contributed by atoms with E-state index in [0.717, 1.165) is 16.7 Å². The Balaban J connectivity index is 1.20. The molecule has 0 unspecified atom stereocenters. The average Bonchev–Trinajstić information content (AvgIpc) is 3.13. The van der Waals surface area contributed by atoms with Gasteiger partial charge >= 0.3 is 0 Å². The fourth-order valence-electron chi connectivity index (χ4n) is 6.81. The Morgan fingerprint density at radius 1 is 1.02 bits per heavy atom. The first-order chi connectivity index (χ1) is 25.0. The van der Waals surface area contributed by atoms with E-state index in [0.29, 0.717) is 54.9 Å². The van der Waals surface area contributed by atoms with Gasteiger partial charge in [-0.05, 0) is 75.1 Å². The molecule has 1 saturated heterocycles. The summed E-state index contributed by atoms with van der Waals surface area (Å²) in [6, 6.07) is 18.5. The maximum absolute atomic E-state index is 13.8. The van der Waals surface area contributed by atoms with Crippen molar-refractivity contribution in [2.45, 2.75) is 38.5 Å². The van der Waals surface area contributed by atoms with Crippen LogP contribution >= 0.6 is 0 Å². The van der Waals surface area contributed by atoms with E-state index in [9.17, 15) is 23.1 Å². The number of aromatic nitrogens is 3. The Morgan fingerprint density at radius 2 is 1.75 bits per heavy atom. The van der Waals surface area contributed by atoms with Crippen LogP contribution in [0.3, 0.4) is 0 Å². The number of carbonyl (C=O) groups excluding carboxylic acids is 2. The summed E-state index contributed by atoms with van der Waals surface area (Å²) in [6.07, 6.45) is 2.27. The maximum atomic E-state index is 13.8. The van der Waals surface area contributed by atoms with Gasteiger partial charge in [0.15, 0.2) is 0 Å². The van der Waals surface area contributed by atoms with Gasteiger partial charge in [-0.1, -0.05) is 30.3 Å². The zero-order valence-electron chi connectivity index (χ0n) is 29.0. The molecule has 52 heavy (non-hydrogen) atoms. The Hall–Kier alpha value is -5.76. The van der Waals surface area contributed by atoms with Crippen molar-refractivity contribution in [2.24, 2.45) is 5.41 Å². The zero-order valence-corrected chi connectivity index (χ0v) is 29.8. The first-order valence-corrected chi connectivity index (χ1v) is 18.5. The number of carbonyl (C=O) groups is 2. The summed E-state index contributed by atoms with van der Waals surface area (Å²) >= 11 is 0. The van der Waals surface area contributed by atoms with Gasteiger partial charge in [0.05, 0.1) is 23.8 Å². The topological polar surface area (TPSA) is 173 Å². The van der Waals surface area contributed by atoms with Crippen LogP contribution in [0, 0.1) is 19.3 Å². The molecule has 0 saturated carbocycles. The first-order valence-electron chi connectivity index (χ1n) is 17.0. The molecule has 0 atom stereocenters. The van der Waals surface area contributed by atoms with Crippen LogP contribution in [0.15, 0.2) is 77.8 Å². The number of likely N-dealkylation sites (tertiary alicyclic amines) is 1. The van der Waals surface area contributed by atoms with Gasteiger partial charge < -0.3 is 24.8 Å². The van der Waals surface area contributed by atoms with E-state index in [1.54, 1.807) is 35.2 Å². The number of hydrogen-bond acceptors (Lipinski definition) is 10. The summed E-state index contributed by atoms with van der Waals surface area (Å²) in [7, 11) is -4.17. The zero-order chi connectivity index (χ0) is 36.6. The molecule has 3 N–H and O–H groups in total. The van der Waals surface area contributed by atoms with Gasteiger partial charge in [-0.25, -0.2) is 18.1 Å². The fourth-order valence-corrected chi connectivity index (χ4v) is 7.80. The summed E-state index contributed by atoms with van der Waals surface area (Å²) in [4.78, 5) is 42.2. The number of fused-ring (bicyclic) bond motifs is 5. The largest absolute Gasteiger partial charge is 0.506 e. The molecule has 2 aliphatic rings. The van der Waals surface area contributed by atoms with E-state index in [2.05, 4.69) is 25.0 Å². The van der Waals surface area contributed by atoms with Crippen molar-refractivity contribution in [3.8, 4) is 28.6 Å². The lowest BCUT2D eigenvalue weighted by atomic mass is 9.78. The van der Waals surface area contributed by atoms with Crippen molar-refractivity contribution >= 4 is 38.7 Å². The number of anilines is 1. The Morgan fingerprint density at radius 3 is 2.50 bits per heavy atom. The maximum Gasteiger partial charge on any atom is 0.264 e. The molecule has 13 nitrogen and oxygen atoms in total. The van der Waals surface area contributed by atoms with Crippen molar-refractivity contribution in [1.29, 1.82) is 0 Å². The molecule has 0 radical (unpaired) electrons. The molecule has 7 rings (SSSR count). The smallest absolute Gasteiger partial charge is 0.264 e. The van der Waals surface area contributed by atoms with Gasteiger partial charge in [-0.2, -0.15) is 4.98 Å². The Kier molecular flexibility index (Phi) is 9.17. The minimum Gasteiger partial charge on any atom is -0.506 e. The molecular weight excluding hydrogens is 685 g/mol. The van der Waals surface area contributed by atoms with E-state index < -0.39 is 21.3 Å². The number of piperidine rings is 1. The van der Waals surface area contributed by atoms with Crippen LogP contribution in [-0.4, -0.2) is 78.0 Å². The number of aryl methyl sites for hydroxylation is 2. The number of sulfonamides is 1. The first kappa shape index (κ1) is 34.7. The monoisotopic (exact) mass is 722 g/mol. The molecule has 14 heteroatoms. The number of benzene rings is 3. The van der Waals surface area contributed by atoms with Crippen LogP contribution in [0.2, 0.25) is 0 Å². The number of nitrogens with zero attached hydrogens (tertiary/aromatic N) is 4. The van der Waals surface area contributed by atoms with Crippen LogP contribution in [0.5, 0.6) is 17.4 Å². The highest BCUT2D eigenvalue weighted by Gasteiger charge is 2.39. The molecule has 4 heterocycles. The van der Waals surface area contributed by atoms with Crippen LogP contribution in [0.4, 0.5) is 5.95 Å². The van der Waals surface area contributed by atoms with Gasteiger partial charge in [0, 0.05) is 53.8 Å². The standard InChI is InChI=1S/C38H38N6O7S/c1-4-50-30-13-7-12-27-33(30)39-20-28(34(27)45)36(47)44-16-14-38(15-17-44)21-40-35(46)25-10-6-11-26(18-25)52(48,49)43-37-41-29(19-31(42-37)51-22-38)32-23(2)8-5-9-24(32)3/h5-13,18-20H,4,14-17,21-22H2,1-3H3,(H,39,45)(H,40,46)(H,41,42,43). The van der Waals surface area contributed by atoms with Gasteiger partial charge in [0.25, 0.3) is 21.8 Å². The van der Waals surface area contributed by atoms with Crippen molar-refractivity contribution < 1.29 is 32.6 Å². The lowest BCUT2D eigenvalue weighted by Gasteiger charge is -2.41. The fraction of sp³-hybridized carbons (Fsp3) is 0.289. The molecule has 2 aliphatic heterocycles. The average molecular weight is 723 g/mol. The van der Waals surface area contributed by atoms with Gasteiger partial charge in [-0.15, -0.1) is 0 Å². The summed E-state index contributed by atoms with van der Waals surface area (Å²) < 4.78 is 41.4. The van der Waals surface area contributed by atoms with Crippen molar-refractivity contribution in [2.75, 3.05) is 37.6 Å². The summed E-state index contributed by atoms with van der Waals surface area (Å²) in [5, 5.41) is 14.6. The number of nitrogens with one attached hydrogen (secondary N) is 2. The highest BCUT2D eigenvalue weighted by molar-refractivity contribution is 7.92. The SMILES string of the molecule is CCOc1cccc2c(O)c(C(=O)N3CCC4(CC3)CNC(=O)c3cccc(c3)S(=O)(=O)Nc3nc(cc(-c5c(C)cccc5C)n3)OC4)cnc12. The molecule has 1 spiro atoms. The molecule has 3 aromatic carbocycles. The Bertz CT molecular complexity index is 2300. The van der Waals surface area contributed by atoms with E-state index in [1.807, 2.05) is 39.0 Å². The van der Waals surface area contributed by atoms with Crippen LogP contribution < -0.4 is 19.5 Å². The molecule has 268 valence electrons. The number of aromatic hydroxyl groups is 1. The molecule has 4 bridgehead atoms. The third-order valence-electron chi connectivity index (χ3n) is 9.70. The lowest BCUT2D eigenvalue weighted by molar-refractivity contribution is 0.0393. The predicted molar refractivity (Wildman–Crippen MR) is 194 cm³/mol. The number of hydrogen-bond donors (Lipinski definition) is 3. The minimum absolute atomic E-state index is 0.0857. The van der Waals surface area contributed by atoms with Crippen molar-refractivity contribution in [3.63, 3.8) is 0 Å². The summed E-state index contributed by atoms with van der Waals surface area (Å²) in [5.41, 5.74) is 3.29. The van der Waals surface area contributed by atoms with Crippen LogP contribution in [0.1, 0.15) is 51.6 Å². The number of rotatable bonds is 4. The van der Waals surface area contributed by atoms with Gasteiger partial charge in [0.2, 0.25) is 11.8 Å². The third-order valence-corrected chi connectivity index (χ3v) is 11.0. The second kappa shape index (κ2) is 13.8. The molecule has 5 aromatic rings. The highest BCUT2D eigenvalue weighted by Crippen LogP contribution is 2.37. The Labute approximate surface area is 301 Å². The van der Waals surface area contributed by atoms with Crippen molar-refractivity contribution in [3.05, 3.63) is 95.2 Å². The number of pyridine rings is 1. The summed E-state index contributed by atoms with van der Waals surface area (Å²) in [5.74, 6) is -0.476. The highest BCUT2D eigenvalue weighted by atomic mass is 32.2. The van der Waals surface area contributed by atoms with Gasteiger partial charge in [0.1, 0.15) is 22.6 Å². The second-order valence-corrected chi connectivity index (χ2v) is 14.9. The number of amides is 2. The molecule has 2 amide bonds. The number of para-hydroxylation sites is 1. The lowest BCUT2D eigenvalue weighted by Crippen LogP contribution is -2.50. The molecule has 2 aromatic heterocycles. The summed E-state index contributed by atoms with van der Waals surface area (Å²) in [6.45, 7) is 7.10. The quantitative estimate of drug-likeness (QED) is 0.222. The van der Waals surface area contributed by atoms with E-state index >= 15 is 0 Å². The normalized spacial score (nSPS) is 16.7. The molecule has 0 aliphatic carbocycles. The molecular formula is C38H38N6O7S.